The number of pyridine rings is 1. The molecule has 3 rings (SSSR count). The van der Waals surface area contributed by atoms with Crippen LogP contribution in [0.5, 0.6) is 0 Å². The lowest BCUT2D eigenvalue weighted by molar-refractivity contribution is -0.383. The molecule has 0 fully saturated rings. The van der Waals surface area contributed by atoms with Crippen LogP contribution >= 0.6 is 27.5 Å². The van der Waals surface area contributed by atoms with E-state index in [0.29, 0.717) is 22.4 Å². The Morgan fingerprint density at radius 3 is 2.31 bits per heavy atom. The molecule has 1 aromatic carbocycles. The zero-order valence-electron chi connectivity index (χ0n) is 14.0. The molecule has 0 amide bonds. The van der Waals surface area contributed by atoms with Gasteiger partial charge < -0.3 is 10.6 Å². The first-order valence-corrected chi connectivity index (χ1v) is 8.84. The molecule has 8 nitrogen and oxygen atoms in total. The van der Waals surface area contributed by atoms with Gasteiger partial charge in [0.15, 0.2) is 5.82 Å². The van der Waals surface area contributed by atoms with E-state index in [0.717, 1.165) is 6.33 Å². The van der Waals surface area contributed by atoms with Crippen LogP contribution in [0, 0.1) is 10.1 Å². The van der Waals surface area contributed by atoms with Crippen molar-refractivity contribution in [3.63, 3.8) is 0 Å². The number of nitrogens with one attached hydrogen (secondary N) is 2. The summed E-state index contributed by atoms with van der Waals surface area (Å²) in [6.45, 7) is 0. The topological polar surface area (TPSA) is 106 Å². The molecule has 150 valence electrons. The van der Waals surface area contributed by atoms with Gasteiger partial charge in [0, 0.05) is 10.7 Å². The normalized spacial score (nSPS) is 11.2. The van der Waals surface area contributed by atoms with Gasteiger partial charge in [0.05, 0.1) is 21.2 Å². The molecule has 0 bridgehead atoms. The van der Waals surface area contributed by atoms with Gasteiger partial charge in [-0.2, -0.15) is 13.2 Å². The summed E-state index contributed by atoms with van der Waals surface area (Å²) >= 11 is 9.16. The largest absolute Gasteiger partial charge is 0.417 e. The Labute approximate surface area is 174 Å². The molecule has 0 unspecified atom stereocenters. The van der Waals surface area contributed by atoms with Gasteiger partial charge in [-0.15, -0.1) is 0 Å². The highest BCUT2D eigenvalue weighted by atomic mass is 79.9. The molecule has 0 aliphatic carbocycles. The third-order valence-corrected chi connectivity index (χ3v) is 4.52. The highest BCUT2D eigenvalue weighted by Gasteiger charge is 2.32. The number of benzene rings is 1. The van der Waals surface area contributed by atoms with Crippen LogP contribution in [-0.4, -0.2) is 19.9 Å². The second kappa shape index (κ2) is 8.17. The molecule has 0 radical (unpaired) electrons. The Balaban J connectivity index is 1.98. The minimum Gasteiger partial charge on any atom is -0.333 e. The second-order valence-corrected chi connectivity index (χ2v) is 6.72. The predicted molar refractivity (Wildman–Crippen MR) is 104 cm³/mol. The minimum atomic E-state index is -4.63. The summed E-state index contributed by atoms with van der Waals surface area (Å²) in [5.74, 6) is -0.663. The van der Waals surface area contributed by atoms with Gasteiger partial charge in [-0.05, 0) is 34.1 Å². The quantitative estimate of drug-likeness (QED) is 0.350. The van der Waals surface area contributed by atoms with Crippen LogP contribution < -0.4 is 10.6 Å². The van der Waals surface area contributed by atoms with E-state index in [2.05, 4.69) is 41.5 Å². The number of rotatable bonds is 5. The van der Waals surface area contributed by atoms with Crippen molar-refractivity contribution in [3.05, 3.63) is 68.0 Å². The van der Waals surface area contributed by atoms with Gasteiger partial charge in [0.2, 0.25) is 11.6 Å². The van der Waals surface area contributed by atoms with Gasteiger partial charge in [0.25, 0.3) is 0 Å². The van der Waals surface area contributed by atoms with Gasteiger partial charge >= 0.3 is 11.9 Å². The lowest BCUT2D eigenvalue weighted by atomic mass is 10.2. The summed E-state index contributed by atoms with van der Waals surface area (Å²) in [5.41, 5.74) is -1.09. The van der Waals surface area contributed by atoms with E-state index < -0.39 is 22.4 Å². The van der Waals surface area contributed by atoms with Gasteiger partial charge in [0.1, 0.15) is 6.33 Å². The van der Waals surface area contributed by atoms with Crippen molar-refractivity contribution in [2.45, 2.75) is 6.18 Å². The summed E-state index contributed by atoms with van der Waals surface area (Å²) in [6.07, 6.45) is -3.02. The lowest BCUT2D eigenvalue weighted by Crippen LogP contribution is -2.08. The highest BCUT2D eigenvalue weighted by molar-refractivity contribution is 9.10. The summed E-state index contributed by atoms with van der Waals surface area (Å²) in [4.78, 5) is 22.1. The summed E-state index contributed by atoms with van der Waals surface area (Å²) in [5, 5.41) is 16.5. The van der Waals surface area contributed by atoms with Crippen LogP contribution in [-0.2, 0) is 6.18 Å². The molecule has 29 heavy (non-hydrogen) atoms. The second-order valence-electron chi connectivity index (χ2n) is 5.46. The van der Waals surface area contributed by atoms with E-state index >= 15 is 0 Å². The van der Waals surface area contributed by atoms with Crippen LogP contribution in [0.25, 0.3) is 0 Å². The SMILES string of the molecule is O=[N+]([O-])c1c(Nc2ccccc2Br)ncnc1Nc1ncc(C(F)(F)F)cc1Cl. The first kappa shape index (κ1) is 20.7. The minimum absolute atomic E-state index is 0.137. The standard InChI is InChI=1S/C16H9BrClF3N6O2/c17-9-3-1-2-4-11(9)25-14-12(27(28)29)15(24-7-23-14)26-13-10(18)5-8(6-22-13)16(19,20)21/h1-7H,(H2,22,23,24,25,26). The fraction of sp³-hybridized carbons (Fsp3) is 0.0625. The molecule has 2 N–H and O–H groups in total. The van der Waals surface area contributed by atoms with E-state index in [9.17, 15) is 23.3 Å². The maximum Gasteiger partial charge on any atom is 0.417 e. The first-order chi connectivity index (χ1) is 13.7. The molecule has 2 aromatic heterocycles. The van der Waals surface area contributed by atoms with Crippen LogP contribution in [0.15, 0.2) is 47.3 Å². The number of nitrogens with zero attached hydrogens (tertiary/aromatic N) is 4. The number of anilines is 4. The van der Waals surface area contributed by atoms with Crippen LogP contribution in [0.2, 0.25) is 5.02 Å². The highest BCUT2D eigenvalue weighted by Crippen LogP contribution is 2.37. The number of hydrogen-bond acceptors (Lipinski definition) is 7. The predicted octanol–water partition coefficient (Wildman–Crippen LogP) is 5.70. The number of hydrogen-bond donors (Lipinski definition) is 2. The number of alkyl halides is 3. The third-order valence-electron chi connectivity index (χ3n) is 3.54. The van der Waals surface area contributed by atoms with Crippen molar-refractivity contribution in [2.75, 3.05) is 10.6 Å². The van der Waals surface area contributed by atoms with Crippen LogP contribution in [0.3, 0.4) is 0 Å². The Bertz CT molecular complexity index is 1080. The van der Waals surface area contributed by atoms with Crippen molar-refractivity contribution in [2.24, 2.45) is 0 Å². The Kier molecular flexibility index (Phi) is 5.84. The van der Waals surface area contributed by atoms with E-state index in [4.69, 9.17) is 11.6 Å². The van der Waals surface area contributed by atoms with Crippen molar-refractivity contribution in [1.82, 2.24) is 15.0 Å². The maximum atomic E-state index is 12.7. The number of halogens is 5. The molecule has 2 heterocycles. The first-order valence-electron chi connectivity index (χ1n) is 7.67. The Morgan fingerprint density at radius 2 is 1.72 bits per heavy atom. The van der Waals surface area contributed by atoms with Crippen molar-refractivity contribution in [3.8, 4) is 0 Å². The number of nitro groups is 1. The number of para-hydroxylation sites is 1. The maximum absolute atomic E-state index is 12.7. The molecular formula is C16H9BrClF3N6O2. The third kappa shape index (κ3) is 4.71. The average Bonchev–Trinajstić information content (AvgIpc) is 2.64. The summed E-state index contributed by atoms with van der Waals surface area (Å²) in [6, 6.07) is 7.52. The molecule has 13 heteroatoms. The van der Waals surface area contributed by atoms with Crippen molar-refractivity contribution < 1.29 is 18.1 Å². The molecular weight excluding hydrogens is 481 g/mol. The zero-order valence-corrected chi connectivity index (χ0v) is 16.4. The van der Waals surface area contributed by atoms with Gasteiger partial charge in [-0.3, -0.25) is 10.1 Å². The summed E-state index contributed by atoms with van der Waals surface area (Å²) in [7, 11) is 0. The van der Waals surface area contributed by atoms with Crippen molar-refractivity contribution in [1.29, 1.82) is 0 Å². The van der Waals surface area contributed by atoms with Crippen LogP contribution in [0.4, 0.5) is 42.0 Å². The number of aromatic nitrogens is 3. The van der Waals surface area contributed by atoms with Crippen LogP contribution in [0.1, 0.15) is 5.56 Å². The Hall–Kier alpha value is -2.99. The smallest absolute Gasteiger partial charge is 0.333 e. The molecule has 0 spiro atoms. The molecule has 3 aromatic rings. The van der Waals surface area contributed by atoms with E-state index in [1.807, 2.05) is 0 Å². The fourth-order valence-corrected chi connectivity index (χ4v) is 2.82. The zero-order chi connectivity index (χ0) is 21.2. The van der Waals surface area contributed by atoms with Gasteiger partial charge in [-0.1, -0.05) is 23.7 Å². The van der Waals surface area contributed by atoms with E-state index in [1.54, 1.807) is 24.3 Å². The fourth-order valence-electron chi connectivity index (χ4n) is 2.22. The average molecular weight is 490 g/mol. The van der Waals surface area contributed by atoms with Crippen molar-refractivity contribution >= 4 is 56.4 Å². The molecule has 0 saturated heterocycles. The molecule has 0 aliphatic rings. The Morgan fingerprint density at radius 1 is 1.07 bits per heavy atom. The lowest BCUT2D eigenvalue weighted by Gasteiger charge is -2.12. The summed E-state index contributed by atoms with van der Waals surface area (Å²) < 4.78 is 38.9. The van der Waals surface area contributed by atoms with E-state index in [-0.39, 0.29) is 22.5 Å². The molecule has 0 atom stereocenters. The molecule has 0 aliphatic heterocycles. The van der Waals surface area contributed by atoms with E-state index in [1.165, 1.54) is 0 Å². The van der Waals surface area contributed by atoms with Gasteiger partial charge in [-0.25, -0.2) is 15.0 Å². The monoisotopic (exact) mass is 488 g/mol. The molecule has 0 saturated carbocycles.